The third-order valence-electron chi connectivity index (χ3n) is 2.98. The van der Waals surface area contributed by atoms with Gasteiger partial charge in [0.2, 0.25) is 0 Å². The molecule has 0 spiro atoms. The summed E-state index contributed by atoms with van der Waals surface area (Å²) >= 11 is 0. The Balaban J connectivity index is 2.12. The second-order valence-electron chi connectivity index (χ2n) is 4.51. The molecule has 2 aromatic carbocycles. The lowest BCUT2D eigenvalue weighted by molar-refractivity contribution is 0.475. The van der Waals surface area contributed by atoms with E-state index in [0.717, 1.165) is 0 Å². The van der Waals surface area contributed by atoms with E-state index < -0.39 is 15.7 Å². The molecule has 112 valence electrons. The van der Waals surface area contributed by atoms with Crippen molar-refractivity contribution in [1.29, 1.82) is 0 Å². The standard InChI is InChI=1S/C15H11NO5S/c16-12-9-10-5-4-8-13(14(10)20-15(12)17)21-22(18,19)11-6-2-1-3-7-11/h1-9H,16H2. The Bertz CT molecular complexity index is 993. The number of hydrogen-bond donors (Lipinski definition) is 1. The first-order chi connectivity index (χ1) is 10.5. The van der Waals surface area contributed by atoms with Gasteiger partial charge in [0.1, 0.15) is 10.6 Å². The normalized spacial score (nSPS) is 11.5. The minimum absolute atomic E-state index is 0.00444. The number of nitrogen functional groups attached to an aromatic ring is 1. The Morgan fingerprint density at radius 2 is 1.73 bits per heavy atom. The molecule has 0 aliphatic rings. The molecule has 0 saturated carbocycles. The van der Waals surface area contributed by atoms with Gasteiger partial charge in [-0.15, -0.1) is 0 Å². The van der Waals surface area contributed by atoms with Crippen molar-refractivity contribution in [2.45, 2.75) is 4.90 Å². The van der Waals surface area contributed by atoms with E-state index in [0.29, 0.717) is 5.39 Å². The monoisotopic (exact) mass is 317 g/mol. The van der Waals surface area contributed by atoms with Crippen LogP contribution in [0, 0.1) is 0 Å². The van der Waals surface area contributed by atoms with Gasteiger partial charge in [0.25, 0.3) is 0 Å². The summed E-state index contributed by atoms with van der Waals surface area (Å²) < 4.78 is 34.6. The number of para-hydroxylation sites is 1. The molecule has 0 bridgehead atoms. The lowest BCUT2D eigenvalue weighted by Gasteiger charge is -2.08. The van der Waals surface area contributed by atoms with E-state index in [9.17, 15) is 13.2 Å². The molecular weight excluding hydrogens is 306 g/mol. The van der Waals surface area contributed by atoms with Gasteiger partial charge in [-0.3, -0.25) is 0 Å². The molecule has 0 atom stereocenters. The number of nitrogens with two attached hydrogens (primary N) is 1. The van der Waals surface area contributed by atoms with Crippen LogP contribution >= 0.6 is 0 Å². The van der Waals surface area contributed by atoms with Crippen LogP contribution in [-0.4, -0.2) is 8.42 Å². The Kier molecular flexibility index (Phi) is 3.34. The highest BCUT2D eigenvalue weighted by Crippen LogP contribution is 2.28. The molecule has 0 radical (unpaired) electrons. The first-order valence-corrected chi connectivity index (χ1v) is 7.70. The molecule has 1 heterocycles. The summed E-state index contributed by atoms with van der Waals surface area (Å²) in [5.74, 6) is -0.0709. The van der Waals surface area contributed by atoms with Crippen molar-refractivity contribution in [3.8, 4) is 5.75 Å². The van der Waals surface area contributed by atoms with E-state index in [-0.39, 0.29) is 21.9 Å². The second kappa shape index (κ2) is 5.19. The zero-order valence-electron chi connectivity index (χ0n) is 11.2. The lowest BCUT2D eigenvalue weighted by Crippen LogP contribution is -2.11. The molecule has 0 aliphatic carbocycles. The molecule has 0 saturated heterocycles. The molecular formula is C15H11NO5S. The maximum Gasteiger partial charge on any atom is 0.359 e. The maximum atomic E-state index is 12.2. The third-order valence-corrected chi connectivity index (χ3v) is 4.23. The van der Waals surface area contributed by atoms with Crippen LogP contribution in [0.5, 0.6) is 5.75 Å². The molecule has 2 N–H and O–H groups in total. The van der Waals surface area contributed by atoms with Gasteiger partial charge < -0.3 is 14.3 Å². The van der Waals surface area contributed by atoms with Crippen LogP contribution in [-0.2, 0) is 10.1 Å². The van der Waals surface area contributed by atoms with Gasteiger partial charge in [-0.25, -0.2) is 4.79 Å². The van der Waals surface area contributed by atoms with Crippen molar-refractivity contribution in [2.24, 2.45) is 0 Å². The molecule has 3 rings (SSSR count). The van der Waals surface area contributed by atoms with Crippen LogP contribution in [0.3, 0.4) is 0 Å². The molecule has 6 nitrogen and oxygen atoms in total. The van der Waals surface area contributed by atoms with E-state index in [1.807, 2.05) is 0 Å². The van der Waals surface area contributed by atoms with Crippen LogP contribution in [0.1, 0.15) is 0 Å². The quantitative estimate of drug-likeness (QED) is 0.587. The van der Waals surface area contributed by atoms with Gasteiger partial charge in [-0.2, -0.15) is 8.42 Å². The Morgan fingerprint density at radius 1 is 1.00 bits per heavy atom. The van der Waals surface area contributed by atoms with Crippen LogP contribution in [0.4, 0.5) is 5.69 Å². The summed E-state index contributed by atoms with van der Waals surface area (Å²) in [7, 11) is -4.02. The number of rotatable bonds is 3. The summed E-state index contributed by atoms with van der Waals surface area (Å²) in [4.78, 5) is 11.5. The topological polar surface area (TPSA) is 99.6 Å². The first-order valence-electron chi connectivity index (χ1n) is 6.29. The van der Waals surface area contributed by atoms with Gasteiger partial charge in [0.05, 0.1) is 0 Å². The summed E-state index contributed by atoms with van der Waals surface area (Å²) in [6.45, 7) is 0. The number of benzene rings is 2. The molecule has 0 unspecified atom stereocenters. The maximum absolute atomic E-state index is 12.2. The van der Waals surface area contributed by atoms with E-state index >= 15 is 0 Å². The minimum Gasteiger partial charge on any atom is -0.417 e. The molecule has 0 aliphatic heterocycles. The zero-order chi connectivity index (χ0) is 15.7. The van der Waals surface area contributed by atoms with Crippen molar-refractivity contribution in [3.05, 3.63) is 65.0 Å². The SMILES string of the molecule is Nc1cc2cccc(OS(=O)(=O)c3ccccc3)c2oc1=O. The highest BCUT2D eigenvalue weighted by atomic mass is 32.2. The molecule has 22 heavy (non-hydrogen) atoms. The fraction of sp³-hybridized carbons (Fsp3) is 0. The predicted octanol–water partition coefficient (Wildman–Crippen LogP) is 2.14. The van der Waals surface area contributed by atoms with Crippen molar-refractivity contribution < 1.29 is 17.0 Å². The number of fused-ring (bicyclic) bond motifs is 1. The zero-order valence-corrected chi connectivity index (χ0v) is 12.0. The van der Waals surface area contributed by atoms with Crippen LogP contribution in [0.25, 0.3) is 11.0 Å². The van der Waals surface area contributed by atoms with Crippen LogP contribution < -0.4 is 15.5 Å². The van der Waals surface area contributed by atoms with Crippen LogP contribution in [0.15, 0.2) is 68.7 Å². The Hall–Kier alpha value is -2.80. The van der Waals surface area contributed by atoms with E-state index in [4.69, 9.17) is 14.3 Å². The molecule has 1 aromatic heterocycles. The Labute approximate surface area is 125 Å². The van der Waals surface area contributed by atoms with E-state index in [1.165, 1.54) is 24.3 Å². The minimum atomic E-state index is -4.02. The van der Waals surface area contributed by atoms with E-state index in [1.54, 1.807) is 30.3 Å². The lowest BCUT2D eigenvalue weighted by atomic mass is 10.2. The highest BCUT2D eigenvalue weighted by molar-refractivity contribution is 7.87. The van der Waals surface area contributed by atoms with Crippen molar-refractivity contribution in [3.63, 3.8) is 0 Å². The average molecular weight is 317 g/mol. The van der Waals surface area contributed by atoms with E-state index in [2.05, 4.69) is 0 Å². The van der Waals surface area contributed by atoms with Gasteiger partial charge in [-0.1, -0.05) is 30.3 Å². The van der Waals surface area contributed by atoms with Crippen molar-refractivity contribution >= 4 is 26.8 Å². The van der Waals surface area contributed by atoms with Crippen LogP contribution in [0.2, 0.25) is 0 Å². The Morgan fingerprint density at radius 3 is 2.45 bits per heavy atom. The summed E-state index contributed by atoms with van der Waals surface area (Å²) in [6.07, 6.45) is 0. The molecule has 0 amide bonds. The van der Waals surface area contributed by atoms with Gasteiger partial charge in [-0.05, 0) is 24.3 Å². The predicted molar refractivity (Wildman–Crippen MR) is 81.2 cm³/mol. The fourth-order valence-corrected chi connectivity index (χ4v) is 2.91. The van der Waals surface area contributed by atoms with Gasteiger partial charge in [0, 0.05) is 5.39 Å². The largest absolute Gasteiger partial charge is 0.417 e. The molecule has 3 aromatic rings. The summed E-state index contributed by atoms with van der Waals surface area (Å²) in [5, 5.41) is 0.470. The second-order valence-corrected chi connectivity index (χ2v) is 6.06. The summed E-state index contributed by atoms with van der Waals surface area (Å²) in [6, 6.07) is 13.7. The molecule has 0 fully saturated rings. The summed E-state index contributed by atoms with van der Waals surface area (Å²) in [5.41, 5.74) is 4.71. The first kappa shape index (κ1) is 14.2. The number of hydrogen-bond acceptors (Lipinski definition) is 6. The van der Waals surface area contributed by atoms with Crippen molar-refractivity contribution in [2.75, 3.05) is 5.73 Å². The third kappa shape index (κ3) is 2.53. The fourth-order valence-electron chi connectivity index (χ4n) is 1.95. The number of anilines is 1. The smallest absolute Gasteiger partial charge is 0.359 e. The van der Waals surface area contributed by atoms with Gasteiger partial charge in [0.15, 0.2) is 11.3 Å². The average Bonchev–Trinajstić information content (AvgIpc) is 2.50. The molecule has 7 heteroatoms. The van der Waals surface area contributed by atoms with Crippen molar-refractivity contribution in [1.82, 2.24) is 0 Å². The highest BCUT2D eigenvalue weighted by Gasteiger charge is 2.19. The van der Waals surface area contributed by atoms with Gasteiger partial charge >= 0.3 is 15.7 Å².